The lowest BCUT2D eigenvalue weighted by Gasteiger charge is -2.35. The molecule has 0 aliphatic carbocycles. The summed E-state index contributed by atoms with van der Waals surface area (Å²) in [6, 6.07) is 4.59. The van der Waals surface area contributed by atoms with Crippen LogP contribution in [0.15, 0.2) is 22.7 Å². The number of carboxylic acids is 1. The van der Waals surface area contributed by atoms with Crippen LogP contribution in [0.5, 0.6) is 0 Å². The maximum absolute atomic E-state index is 12.2. The van der Waals surface area contributed by atoms with Gasteiger partial charge in [0.2, 0.25) is 0 Å². The summed E-state index contributed by atoms with van der Waals surface area (Å²) in [5.41, 5.74) is 0.625. The van der Waals surface area contributed by atoms with Crippen LogP contribution >= 0.6 is 15.9 Å². The number of hydrogen-bond acceptors (Lipinski definition) is 2. The lowest BCUT2D eigenvalue weighted by molar-refractivity contribution is 0.0696. The zero-order valence-electron chi connectivity index (χ0n) is 12.1. The number of anilines is 1. The van der Waals surface area contributed by atoms with Gasteiger partial charge in [0.1, 0.15) is 0 Å². The second kappa shape index (κ2) is 6.47. The van der Waals surface area contributed by atoms with Crippen LogP contribution in [0, 0.1) is 11.8 Å². The highest BCUT2D eigenvalue weighted by molar-refractivity contribution is 9.10. The molecule has 21 heavy (non-hydrogen) atoms. The summed E-state index contributed by atoms with van der Waals surface area (Å²) in [5.74, 6) is 0.0720. The van der Waals surface area contributed by atoms with Crippen molar-refractivity contribution < 1.29 is 14.7 Å². The number of carbonyl (C=O) groups excluding carboxylic acids is 1. The van der Waals surface area contributed by atoms with Crippen LogP contribution in [0.4, 0.5) is 10.5 Å². The molecule has 0 aromatic heterocycles. The molecule has 1 aliphatic heterocycles. The van der Waals surface area contributed by atoms with Crippen LogP contribution in [0.3, 0.4) is 0 Å². The van der Waals surface area contributed by atoms with E-state index in [-0.39, 0.29) is 11.6 Å². The number of halogens is 1. The standard InChI is InChI=1S/C15H19BrN2O3/c1-9-5-6-18(8-10(9)2)15(21)17-11-3-4-13(16)12(7-11)14(19)20/h3-4,7,9-10H,5-6,8H2,1-2H3,(H,17,21)(H,19,20). The summed E-state index contributed by atoms with van der Waals surface area (Å²) in [6.45, 7) is 5.81. The highest BCUT2D eigenvalue weighted by atomic mass is 79.9. The average Bonchev–Trinajstić information content (AvgIpc) is 2.43. The van der Waals surface area contributed by atoms with Crippen molar-refractivity contribution >= 4 is 33.6 Å². The Balaban J connectivity index is 2.06. The van der Waals surface area contributed by atoms with Gasteiger partial charge >= 0.3 is 12.0 Å². The number of urea groups is 1. The topological polar surface area (TPSA) is 69.6 Å². The van der Waals surface area contributed by atoms with Crippen molar-refractivity contribution in [1.82, 2.24) is 4.90 Å². The van der Waals surface area contributed by atoms with Crippen molar-refractivity contribution in [3.05, 3.63) is 28.2 Å². The van der Waals surface area contributed by atoms with Crippen molar-refractivity contribution in [1.29, 1.82) is 0 Å². The first-order chi connectivity index (χ1) is 9.88. The molecule has 2 rings (SSSR count). The van der Waals surface area contributed by atoms with Crippen LogP contribution in [0.25, 0.3) is 0 Å². The summed E-state index contributed by atoms with van der Waals surface area (Å²) in [4.78, 5) is 25.1. The third-order valence-electron chi connectivity index (χ3n) is 4.07. The minimum absolute atomic E-state index is 0.133. The third-order valence-corrected chi connectivity index (χ3v) is 4.76. The van der Waals surface area contributed by atoms with E-state index in [0.717, 1.165) is 19.5 Å². The fourth-order valence-electron chi connectivity index (χ4n) is 2.42. The first-order valence-electron chi connectivity index (χ1n) is 6.97. The van der Waals surface area contributed by atoms with E-state index in [2.05, 4.69) is 35.1 Å². The minimum atomic E-state index is -1.03. The highest BCUT2D eigenvalue weighted by Gasteiger charge is 2.26. The van der Waals surface area contributed by atoms with Gasteiger partial charge in [-0.3, -0.25) is 0 Å². The maximum atomic E-state index is 12.2. The molecule has 0 saturated carbocycles. The first-order valence-corrected chi connectivity index (χ1v) is 7.76. The number of carboxylic acid groups (broad SMARTS) is 1. The molecule has 1 aromatic rings. The van der Waals surface area contributed by atoms with Gasteiger partial charge in [-0.15, -0.1) is 0 Å². The van der Waals surface area contributed by atoms with E-state index < -0.39 is 5.97 Å². The number of amides is 2. The van der Waals surface area contributed by atoms with Gasteiger partial charge in [-0.1, -0.05) is 13.8 Å². The number of carbonyl (C=O) groups is 2. The lowest BCUT2D eigenvalue weighted by Crippen LogP contribution is -2.44. The molecule has 0 radical (unpaired) electrons. The Morgan fingerprint density at radius 3 is 2.67 bits per heavy atom. The smallest absolute Gasteiger partial charge is 0.336 e. The number of piperidine rings is 1. The summed E-state index contributed by atoms with van der Waals surface area (Å²) < 4.78 is 0.494. The Hall–Kier alpha value is -1.56. The van der Waals surface area contributed by atoms with Gasteiger partial charge in [0.05, 0.1) is 5.56 Å². The fourth-order valence-corrected chi connectivity index (χ4v) is 2.83. The number of benzene rings is 1. The number of aromatic carboxylic acids is 1. The Bertz CT molecular complexity index is 562. The molecule has 1 aliphatic rings. The van der Waals surface area contributed by atoms with Crippen LogP contribution in [-0.2, 0) is 0 Å². The Labute approximate surface area is 132 Å². The van der Waals surface area contributed by atoms with Crippen molar-refractivity contribution in [2.24, 2.45) is 11.8 Å². The normalized spacial score (nSPS) is 22.0. The molecular weight excluding hydrogens is 336 g/mol. The summed E-state index contributed by atoms with van der Waals surface area (Å²) in [6.07, 6.45) is 0.995. The van der Waals surface area contributed by atoms with Gasteiger partial charge in [-0.05, 0) is 52.4 Å². The maximum Gasteiger partial charge on any atom is 0.336 e. The SMILES string of the molecule is CC1CCN(C(=O)Nc2ccc(Br)c(C(=O)O)c2)CC1C. The van der Waals surface area contributed by atoms with Gasteiger partial charge in [0.25, 0.3) is 0 Å². The van der Waals surface area contributed by atoms with E-state index in [9.17, 15) is 9.59 Å². The zero-order valence-corrected chi connectivity index (χ0v) is 13.7. The predicted octanol–water partition coefficient (Wildman–Crippen LogP) is 3.66. The molecule has 1 aromatic carbocycles. The van der Waals surface area contributed by atoms with Gasteiger partial charge in [0, 0.05) is 23.2 Å². The highest BCUT2D eigenvalue weighted by Crippen LogP contribution is 2.24. The van der Waals surface area contributed by atoms with E-state index in [0.29, 0.717) is 22.0 Å². The molecule has 1 saturated heterocycles. The van der Waals surface area contributed by atoms with Gasteiger partial charge in [-0.2, -0.15) is 0 Å². The number of nitrogens with zero attached hydrogens (tertiary/aromatic N) is 1. The van der Waals surface area contributed by atoms with Gasteiger partial charge in [-0.25, -0.2) is 9.59 Å². The van der Waals surface area contributed by atoms with Crippen LogP contribution in [0.2, 0.25) is 0 Å². The van der Waals surface area contributed by atoms with Gasteiger partial charge in [0.15, 0.2) is 0 Å². The lowest BCUT2D eigenvalue weighted by atomic mass is 9.89. The molecule has 1 fully saturated rings. The monoisotopic (exact) mass is 354 g/mol. The van der Waals surface area contributed by atoms with Gasteiger partial charge < -0.3 is 15.3 Å². The fraction of sp³-hybridized carbons (Fsp3) is 0.467. The molecule has 6 heteroatoms. The number of hydrogen-bond donors (Lipinski definition) is 2. The Morgan fingerprint density at radius 1 is 1.33 bits per heavy atom. The molecule has 2 N–H and O–H groups in total. The molecule has 2 atom stereocenters. The van der Waals surface area contributed by atoms with Crippen molar-refractivity contribution in [3.63, 3.8) is 0 Å². The molecular formula is C15H19BrN2O3. The van der Waals surface area contributed by atoms with Crippen molar-refractivity contribution in [3.8, 4) is 0 Å². The molecule has 114 valence electrons. The summed E-state index contributed by atoms with van der Waals surface area (Å²) in [5, 5.41) is 11.9. The third kappa shape index (κ3) is 3.75. The molecule has 2 unspecified atom stereocenters. The second-order valence-corrected chi connectivity index (χ2v) is 6.47. The van der Waals surface area contributed by atoms with E-state index in [4.69, 9.17) is 5.11 Å². The summed E-state index contributed by atoms with van der Waals surface area (Å²) >= 11 is 3.18. The van der Waals surface area contributed by atoms with E-state index in [1.165, 1.54) is 6.07 Å². The molecule has 2 amide bonds. The van der Waals surface area contributed by atoms with Crippen LogP contribution in [0.1, 0.15) is 30.6 Å². The van der Waals surface area contributed by atoms with Crippen molar-refractivity contribution in [2.45, 2.75) is 20.3 Å². The number of likely N-dealkylation sites (tertiary alicyclic amines) is 1. The Morgan fingerprint density at radius 2 is 2.05 bits per heavy atom. The average molecular weight is 355 g/mol. The molecule has 0 bridgehead atoms. The van der Waals surface area contributed by atoms with Crippen LogP contribution in [-0.4, -0.2) is 35.1 Å². The molecule has 0 spiro atoms. The van der Waals surface area contributed by atoms with Crippen molar-refractivity contribution in [2.75, 3.05) is 18.4 Å². The van der Waals surface area contributed by atoms with Crippen LogP contribution < -0.4 is 5.32 Å². The minimum Gasteiger partial charge on any atom is -0.478 e. The zero-order chi connectivity index (χ0) is 15.6. The first kappa shape index (κ1) is 15.8. The predicted molar refractivity (Wildman–Crippen MR) is 84.6 cm³/mol. The largest absolute Gasteiger partial charge is 0.478 e. The molecule has 1 heterocycles. The van der Waals surface area contributed by atoms with E-state index in [1.807, 2.05) is 0 Å². The number of rotatable bonds is 2. The van der Waals surface area contributed by atoms with E-state index in [1.54, 1.807) is 17.0 Å². The molecule has 5 nitrogen and oxygen atoms in total. The number of nitrogens with one attached hydrogen (secondary N) is 1. The summed E-state index contributed by atoms with van der Waals surface area (Å²) in [7, 11) is 0. The quantitative estimate of drug-likeness (QED) is 0.851. The second-order valence-electron chi connectivity index (χ2n) is 5.62. The van der Waals surface area contributed by atoms with E-state index >= 15 is 0 Å². The Kier molecular flexibility index (Phi) is 4.88.